The normalized spacial score (nSPS) is 11.1. The maximum Gasteiger partial charge on any atom is 0.306 e. The zero-order valence-corrected chi connectivity index (χ0v) is 9.04. The second-order valence-corrected chi connectivity index (χ2v) is 4.44. The number of hydrazine groups is 1. The maximum atomic E-state index is 10.8. The molecule has 0 spiro atoms. The molecule has 7 heteroatoms. The quantitative estimate of drug-likeness (QED) is 0.282. The fourth-order valence-electron chi connectivity index (χ4n) is 0.956. The van der Waals surface area contributed by atoms with Gasteiger partial charge in [0.05, 0.1) is 12.9 Å². The Kier molecular flexibility index (Phi) is 3.89. The van der Waals surface area contributed by atoms with Gasteiger partial charge in [-0.1, -0.05) is 0 Å². The molecule has 0 unspecified atom stereocenters. The van der Waals surface area contributed by atoms with Gasteiger partial charge in [0.15, 0.2) is 0 Å². The van der Waals surface area contributed by atoms with Crippen LogP contribution in [0.15, 0.2) is 24.3 Å². The first kappa shape index (κ1) is 11.8. The Morgan fingerprint density at radius 2 is 1.93 bits per heavy atom. The van der Waals surface area contributed by atoms with Gasteiger partial charge in [0.1, 0.15) is 5.75 Å². The van der Waals surface area contributed by atoms with Crippen molar-refractivity contribution in [1.29, 1.82) is 0 Å². The smallest absolute Gasteiger partial charge is 0.306 e. The summed E-state index contributed by atoms with van der Waals surface area (Å²) >= 11 is 0. The molecular formula is C8H13N3O3S. The van der Waals surface area contributed by atoms with Gasteiger partial charge in [-0.3, -0.25) is 5.84 Å². The molecule has 1 aromatic rings. The van der Waals surface area contributed by atoms with Crippen molar-refractivity contribution in [3.63, 3.8) is 0 Å². The van der Waals surface area contributed by atoms with E-state index in [0.29, 0.717) is 6.67 Å². The Morgan fingerprint density at radius 3 is 2.40 bits per heavy atom. The van der Waals surface area contributed by atoms with E-state index in [4.69, 9.17) is 5.84 Å². The maximum absolute atomic E-state index is 10.8. The molecule has 0 aliphatic carbocycles. The number of nitrogens with one attached hydrogen (secondary N) is 2. The van der Waals surface area contributed by atoms with Crippen molar-refractivity contribution in [3.05, 3.63) is 24.3 Å². The molecule has 0 amide bonds. The van der Waals surface area contributed by atoms with Gasteiger partial charge in [-0.25, -0.2) is 5.43 Å². The molecule has 0 aromatic heterocycles. The summed E-state index contributed by atoms with van der Waals surface area (Å²) in [5.41, 5.74) is 3.24. The van der Waals surface area contributed by atoms with Crippen molar-refractivity contribution in [3.8, 4) is 5.75 Å². The molecule has 6 nitrogen and oxygen atoms in total. The summed E-state index contributed by atoms with van der Waals surface area (Å²) in [6.07, 6.45) is 0.998. The topological polar surface area (TPSA) is 93.5 Å². The number of hydrogen-bond acceptors (Lipinski definition) is 6. The lowest BCUT2D eigenvalue weighted by atomic mass is 10.3. The highest BCUT2D eigenvalue weighted by atomic mass is 32.2. The fourth-order valence-corrected chi connectivity index (χ4v) is 1.42. The Balaban J connectivity index is 2.64. The fraction of sp³-hybridized carbons (Fsp3) is 0.250. The SMILES string of the molecule is CS(=O)(=O)Oc1ccc(NCNN)cc1. The van der Waals surface area contributed by atoms with Gasteiger partial charge in [-0.05, 0) is 24.3 Å². The number of rotatable bonds is 5. The predicted molar refractivity (Wildman–Crippen MR) is 57.7 cm³/mol. The summed E-state index contributed by atoms with van der Waals surface area (Å²) in [6, 6.07) is 6.50. The summed E-state index contributed by atoms with van der Waals surface area (Å²) in [6.45, 7) is 0.423. The number of hydrogen-bond donors (Lipinski definition) is 3. The molecule has 0 bridgehead atoms. The molecule has 1 rings (SSSR count). The van der Waals surface area contributed by atoms with E-state index in [9.17, 15) is 8.42 Å². The van der Waals surface area contributed by atoms with Crippen LogP contribution in [0.3, 0.4) is 0 Å². The van der Waals surface area contributed by atoms with Crippen LogP contribution in [-0.2, 0) is 10.1 Å². The molecule has 0 saturated carbocycles. The summed E-state index contributed by atoms with van der Waals surface area (Å²) < 4.78 is 26.3. The Hall–Kier alpha value is -1.31. The minimum atomic E-state index is -3.46. The van der Waals surface area contributed by atoms with Gasteiger partial charge in [0, 0.05) is 5.69 Å². The molecular weight excluding hydrogens is 218 g/mol. The largest absolute Gasteiger partial charge is 0.383 e. The number of anilines is 1. The highest BCUT2D eigenvalue weighted by molar-refractivity contribution is 7.86. The molecule has 0 aliphatic heterocycles. The van der Waals surface area contributed by atoms with Gasteiger partial charge in [-0.2, -0.15) is 8.42 Å². The zero-order chi connectivity index (χ0) is 11.3. The zero-order valence-electron chi connectivity index (χ0n) is 8.23. The minimum Gasteiger partial charge on any atom is -0.383 e. The van der Waals surface area contributed by atoms with E-state index in [1.807, 2.05) is 0 Å². The van der Waals surface area contributed by atoms with Gasteiger partial charge < -0.3 is 9.50 Å². The monoisotopic (exact) mass is 231 g/mol. The van der Waals surface area contributed by atoms with Crippen LogP contribution in [0.25, 0.3) is 0 Å². The molecule has 0 fully saturated rings. The average Bonchev–Trinajstić information content (AvgIpc) is 2.14. The van der Waals surface area contributed by atoms with E-state index in [-0.39, 0.29) is 5.75 Å². The van der Waals surface area contributed by atoms with E-state index in [2.05, 4.69) is 14.9 Å². The lowest BCUT2D eigenvalue weighted by Gasteiger charge is -2.06. The lowest BCUT2D eigenvalue weighted by Crippen LogP contribution is -2.28. The second kappa shape index (κ2) is 4.96. The molecule has 84 valence electrons. The van der Waals surface area contributed by atoms with Crippen molar-refractivity contribution in [2.45, 2.75) is 0 Å². The number of nitrogens with two attached hydrogens (primary N) is 1. The third-order valence-corrected chi connectivity index (χ3v) is 1.99. The molecule has 15 heavy (non-hydrogen) atoms. The van der Waals surface area contributed by atoms with Crippen molar-refractivity contribution in [2.24, 2.45) is 5.84 Å². The molecule has 0 aliphatic rings. The van der Waals surface area contributed by atoms with Crippen LogP contribution >= 0.6 is 0 Å². The van der Waals surface area contributed by atoms with Gasteiger partial charge in [-0.15, -0.1) is 0 Å². The summed E-state index contributed by atoms with van der Waals surface area (Å²) in [7, 11) is -3.46. The number of benzene rings is 1. The molecule has 0 saturated heterocycles. The van der Waals surface area contributed by atoms with Gasteiger partial charge in [0.2, 0.25) is 0 Å². The van der Waals surface area contributed by atoms with E-state index in [1.54, 1.807) is 24.3 Å². The van der Waals surface area contributed by atoms with E-state index >= 15 is 0 Å². The average molecular weight is 231 g/mol. The second-order valence-electron chi connectivity index (χ2n) is 2.87. The standard InChI is InChI=1S/C8H13N3O3S/c1-15(12,13)14-8-4-2-7(3-5-8)10-6-11-9/h2-5,10-11H,6,9H2,1H3. The molecule has 0 atom stereocenters. The van der Waals surface area contributed by atoms with Crippen LogP contribution < -0.4 is 20.8 Å². The first-order chi connectivity index (χ1) is 7.01. The van der Waals surface area contributed by atoms with Crippen molar-refractivity contribution in [2.75, 3.05) is 18.2 Å². The molecule has 0 heterocycles. The van der Waals surface area contributed by atoms with Crippen LogP contribution in [0, 0.1) is 0 Å². The van der Waals surface area contributed by atoms with Crippen LogP contribution in [0.5, 0.6) is 5.75 Å². The third kappa shape index (κ3) is 4.63. The van der Waals surface area contributed by atoms with E-state index in [0.717, 1.165) is 11.9 Å². The Bertz CT molecular complexity index is 402. The first-order valence-corrected chi connectivity index (χ1v) is 6.00. The summed E-state index contributed by atoms with van der Waals surface area (Å²) in [4.78, 5) is 0. The van der Waals surface area contributed by atoms with Crippen molar-refractivity contribution < 1.29 is 12.6 Å². The molecule has 4 N–H and O–H groups in total. The van der Waals surface area contributed by atoms with Crippen LogP contribution in [0.2, 0.25) is 0 Å². The van der Waals surface area contributed by atoms with Crippen molar-refractivity contribution in [1.82, 2.24) is 5.43 Å². The van der Waals surface area contributed by atoms with Crippen LogP contribution in [0.4, 0.5) is 5.69 Å². The minimum absolute atomic E-state index is 0.281. The van der Waals surface area contributed by atoms with Crippen molar-refractivity contribution >= 4 is 15.8 Å². The Labute approximate surface area is 88.5 Å². The highest BCUT2D eigenvalue weighted by Gasteiger charge is 2.03. The first-order valence-electron chi connectivity index (χ1n) is 4.18. The summed E-state index contributed by atoms with van der Waals surface area (Å²) in [5.74, 6) is 5.35. The van der Waals surface area contributed by atoms with Gasteiger partial charge in [0.25, 0.3) is 0 Å². The predicted octanol–water partition coefficient (Wildman–Crippen LogP) is -0.142. The molecule has 0 radical (unpaired) electrons. The summed E-state index contributed by atoms with van der Waals surface area (Å²) in [5, 5.41) is 2.94. The van der Waals surface area contributed by atoms with E-state index in [1.165, 1.54) is 0 Å². The molecule has 1 aromatic carbocycles. The Morgan fingerprint density at radius 1 is 1.33 bits per heavy atom. The van der Waals surface area contributed by atoms with Crippen LogP contribution in [0.1, 0.15) is 0 Å². The van der Waals surface area contributed by atoms with Gasteiger partial charge >= 0.3 is 10.1 Å². The highest BCUT2D eigenvalue weighted by Crippen LogP contribution is 2.16. The third-order valence-electron chi connectivity index (χ3n) is 1.50. The van der Waals surface area contributed by atoms with E-state index < -0.39 is 10.1 Å². The van der Waals surface area contributed by atoms with Crippen LogP contribution in [-0.4, -0.2) is 21.3 Å². The lowest BCUT2D eigenvalue weighted by molar-refractivity contribution is 0.493.